The highest BCUT2D eigenvalue weighted by molar-refractivity contribution is 5.54. The van der Waals surface area contributed by atoms with Crippen LogP contribution in [0.5, 0.6) is 0 Å². The number of hydrogen-bond acceptors (Lipinski definition) is 2. The van der Waals surface area contributed by atoms with E-state index in [0.717, 1.165) is 18.5 Å². The maximum atomic E-state index is 3.50. The Morgan fingerprint density at radius 1 is 1.24 bits per heavy atom. The van der Waals surface area contributed by atoms with Crippen LogP contribution in [0.1, 0.15) is 37.2 Å². The maximum absolute atomic E-state index is 3.50. The molecule has 2 nitrogen and oxygen atoms in total. The van der Waals surface area contributed by atoms with Gasteiger partial charge in [0.1, 0.15) is 0 Å². The molecule has 0 spiro atoms. The number of hydrogen-bond donors (Lipinski definition) is 1. The molecule has 92 valence electrons. The molecule has 0 aromatic heterocycles. The zero-order valence-electron chi connectivity index (χ0n) is 10.7. The lowest BCUT2D eigenvalue weighted by atomic mass is 9.87. The monoisotopic (exact) mass is 230 g/mol. The topological polar surface area (TPSA) is 15.3 Å². The highest BCUT2D eigenvalue weighted by Gasteiger charge is 2.26. The number of anilines is 1. The molecular formula is C15H22N2. The molecule has 1 fully saturated rings. The van der Waals surface area contributed by atoms with E-state index in [1.165, 1.54) is 43.5 Å². The minimum atomic E-state index is 0.720. The van der Waals surface area contributed by atoms with Crippen LogP contribution < -0.4 is 5.32 Å². The van der Waals surface area contributed by atoms with Gasteiger partial charge in [0, 0.05) is 30.7 Å². The number of benzene rings is 1. The molecule has 0 amide bonds. The van der Waals surface area contributed by atoms with Gasteiger partial charge in [-0.25, -0.2) is 0 Å². The van der Waals surface area contributed by atoms with Gasteiger partial charge in [-0.1, -0.05) is 24.6 Å². The van der Waals surface area contributed by atoms with Crippen molar-refractivity contribution in [2.45, 2.75) is 37.6 Å². The predicted octanol–water partition coefficient (Wildman–Crippen LogP) is 3.07. The van der Waals surface area contributed by atoms with Crippen molar-refractivity contribution in [2.24, 2.45) is 0 Å². The van der Waals surface area contributed by atoms with Crippen molar-refractivity contribution in [3.05, 3.63) is 29.8 Å². The smallest absolute Gasteiger partial charge is 0.0376 e. The number of fused-ring (bicyclic) bond motifs is 1. The molecule has 1 aromatic carbocycles. The summed E-state index contributed by atoms with van der Waals surface area (Å²) in [5.74, 6) is 0.720. The minimum Gasteiger partial charge on any atom is -0.385 e. The minimum absolute atomic E-state index is 0.720. The molecule has 1 N–H and O–H groups in total. The first-order valence-electron chi connectivity index (χ1n) is 6.87. The van der Waals surface area contributed by atoms with Crippen molar-refractivity contribution in [1.29, 1.82) is 0 Å². The molecule has 1 atom stereocenters. The van der Waals surface area contributed by atoms with Crippen molar-refractivity contribution in [3.8, 4) is 0 Å². The quantitative estimate of drug-likeness (QED) is 0.858. The van der Waals surface area contributed by atoms with Crippen molar-refractivity contribution in [3.63, 3.8) is 0 Å². The summed E-state index contributed by atoms with van der Waals surface area (Å²) < 4.78 is 0. The second-order valence-corrected chi connectivity index (χ2v) is 5.52. The highest BCUT2D eigenvalue weighted by Crippen LogP contribution is 2.33. The van der Waals surface area contributed by atoms with Crippen LogP contribution >= 0.6 is 0 Å². The van der Waals surface area contributed by atoms with Crippen LogP contribution in [0.2, 0.25) is 0 Å². The van der Waals surface area contributed by atoms with E-state index < -0.39 is 0 Å². The summed E-state index contributed by atoms with van der Waals surface area (Å²) in [6, 6.07) is 9.66. The van der Waals surface area contributed by atoms with Crippen LogP contribution in [-0.2, 0) is 0 Å². The lowest BCUT2D eigenvalue weighted by molar-refractivity contribution is 0.149. The zero-order chi connectivity index (χ0) is 11.7. The Morgan fingerprint density at radius 3 is 2.82 bits per heavy atom. The number of para-hydroxylation sites is 1. The molecule has 0 radical (unpaired) electrons. The molecule has 0 bridgehead atoms. The Kier molecular flexibility index (Phi) is 3.06. The second-order valence-electron chi connectivity index (χ2n) is 5.52. The van der Waals surface area contributed by atoms with Crippen LogP contribution in [0.3, 0.4) is 0 Å². The van der Waals surface area contributed by atoms with Gasteiger partial charge in [-0.15, -0.1) is 0 Å². The molecule has 1 unspecified atom stereocenters. The summed E-state index contributed by atoms with van der Waals surface area (Å²) >= 11 is 0. The van der Waals surface area contributed by atoms with Crippen LogP contribution in [-0.4, -0.2) is 31.1 Å². The second kappa shape index (κ2) is 4.69. The van der Waals surface area contributed by atoms with Gasteiger partial charge >= 0.3 is 0 Å². The van der Waals surface area contributed by atoms with Crippen molar-refractivity contribution < 1.29 is 0 Å². The standard InChI is InChI=1S/C15H22N2/c1-17(13-5-4-6-13)11-12-9-10-16-15-8-3-2-7-14(12)15/h2-3,7-8,12-13,16H,4-6,9-11H2,1H3. The zero-order valence-corrected chi connectivity index (χ0v) is 10.7. The van der Waals surface area contributed by atoms with Gasteiger partial charge in [-0.2, -0.15) is 0 Å². The van der Waals surface area contributed by atoms with Gasteiger partial charge in [0.05, 0.1) is 0 Å². The fourth-order valence-electron chi connectivity index (χ4n) is 3.06. The van der Waals surface area contributed by atoms with Crippen LogP contribution in [0.4, 0.5) is 5.69 Å². The first-order chi connectivity index (χ1) is 8.34. The summed E-state index contributed by atoms with van der Waals surface area (Å²) in [5.41, 5.74) is 2.87. The Hall–Kier alpha value is -1.02. The molecular weight excluding hydrogens is 208 g/mol. The van der Waals surface area contributed by atoms with E-state index in [1.54, 1.807) is 0 Å². The number of likely N-dealkylation sites (N-methyl/N-ethyl adjacent to an activating group) is 1. The molecule has 17 heavy (non-hydrogen) atoms. The van der Waals surface area contributed by atoms with Crippen molar-refractivity contribution in [2.75, 3.05) is 25.5 Å². The molecule has 1 aliphatic heterocycles. The molecule has 1 aromatic rings. The van der Waals surface area contributed by atoms with Gasteiger partial charge < -0.3 is 10.2 Å². The van der Waals surface area contributed by atoms with E-state index in [-0.39, 0.29) is 0 Å². The third-order valence-corrected chi connectivity index (χ3v) is 4.42. The van der Waals surface area contributed by atoms with Gasteiger partial charge in [0.15, 0.2) is 0 Å². The third kappa shape index (κ3) is 2.19. The van der Waals surface area contributed by atoms with E-state index in [4.69, 9.17) is 0 Å². The third-order valence-electron chi connectivity index (χ3n) is 4.42. The Balaban J connectivity index is 1.71. The predicted molar refractivity (Wildman–Crippen MR) is 72.6 cm³/mol. The lowest BCUT2D eigenvalue weighted by Crippen LogP contribution is -2.40. The summed E-state index contributed by atoms with van der Waals surface area (Å²) in [7, 11) is 2.30. The highest BCUT2D eigenvalue weighted by atomic mass is 15.1. The summed E-state index contributed by atoms with van der Waals surface area (Å²) in [6.45, 7) is 2.35. The number of nitrogens with zero attached hydrogens (tertiary/aromatic N) is 1. The van der Waals surface area contributed by atoms with E-state index in [9.17, 15) is 0 Å². The van der Waals surface area contributed by atoms with Gasteiger partial charge in [-0.05, 0) is 37.9 Å². The average Bonchev–Trinajstić information content (AvgIpc) is 2.27. The van der Waals surface area contributed by atoms with Crippen LogP contribution in [0, 0.1) is 0 Å². The van der Waals surface area contributed by atoms with Crippen LogP contribution in [0.25, 0.3) is 0 Å². The van der Waals surface area contributed by atoms with E-state index >= 15 is 0 Å². The molecule has 2 aliphatic rings. The molecule has 2 heteroatoms. The SMILES string of the molecule is CN(CC1CCNc2ccccc21)C1CCC1. The summed E-state index contributed by atoms with van der Waals surface area (Å²) in [5, 5.41) is 3.50. The molecule has 1 aliphatic carbocycles. The molecule has 1 saturated carbocycles. The number of nitrogens with one attached hydrogen (secondary N) is 1. The van der Waals surface area contributed by atoms with Gasteiger partial charge in [-0.3, -0.25) is 0 Å². The molecule has 0 saturated heterocycles. The van der Waals surface area contributed by atoms with Gasteiger partial charge in [0.2, 0.25) is 0 Å². The van der Waals surface area contributed by atoms with Crippen molar-refractivity contribution in [1.82, 2.24) is 4.90 Å². The fourth-order valence-corrected chi connectivity index (χ4v) is 3.06. The Labute approximate surface area is 104 Å². The first kappa shape index (κ1) is 11.1. The lowest BCUT2D eigenvalue weighted by Gasteiger charge is -2.38. The van der Waals surface area contributed by atoms with Crippen molar-refractivity contribution >= 4 is 5.69 Å². The Bertz CT molecular complexity index is 384. The molecule has 1 heterocycles. The average molecular weight is 230 g/mol. The van der Waals surface area contributed by atoms with E-state index in [2.05, 4.69) is 41.5 Å². The summed E-state index contributed by atoms with van der Waals surface area (Å²) in [4.78, 5) is 2.58. The number of rotatable bonds is 3. The molecule has 3 rings (SSSR count). The van der Waals surface area contributed by atoms with E-state index in [0.29, 0.717) is 0 Å². The van der Waals surface area contributed by atoms with Crippen LogP contribution in [0.15, 0.2) is 24.3 Å². The Morgan fingerprint density at radius 2 is 2.06 bits per heavy atom. The largest absolute Gasteiger partial charge is 0.385 e. The van der Waals surface area contributed by atoms with Gasteiger partial charge in [0.25, 0.3) is 0 Å². The maximum Gasteiger partial charge on any atom is 0.0376 e. The summed E-state index contributed by atoms with van der Waals surface area (Å²) in [6.07, 6.45) is 5.51. The van der Waals surface area contributed by atoms with E-state index in [1.807, 2.05) is 0 Å². The normalized spacial score (nSPS) is 24.0. The first-order valence-corrected chi connectivity index (χ1v) is 6.87. The fraction of sp³-hybridized carbons (Fsp3) is 0.600.